The average molecular weight is 323 g/mol. The molecule has 1 aromatic rings. The molecule has 2 rings (SSSR count). The van der Waals surface area contributed by atoms with Crippen molar-refractivity contribution in [3.8, 4) is 0 Å². The van der Waals surface area contributed by atoms with Crippen LogP contribution in [-0.2, 0) is 6.42 Å². The Morgan fingerprint density at radius 2 is 1.75 bits per heavy atom. The molecule has 0 amide bonds. The third kappa shape index (κ3) is 2.17. The van der Waals surface area contributed by atoms with E-state index in [0.717, 1.165) is 5.56 Å². The van der Waals surface area contributed by atoms with Crippen molar-refractivity contribution in [1.29, 1.82) is 0 Å². The second kappa shape index (κ2) is 4.70. The number of alkyl halides is 3. The molecule has 1 aromatic carbocycles. The molecule has 20 heavy (non-hydrogen) atoms. The van der Waals surface area contributed by atoms with Crippen LogP contribution in [0.3, 0.4) is 0 Å². The van der Waals surface area contributed by atoms with E-state index in [1.54, 1.807) is 32.9 Å². The van der Waals surface area contributed by atoms with Gasteiger partial charge in [-0.3, -0.25) is 0 Å². The molecule has 0 spiro atoms. The Labute approximate surface area is 123 Å². The first kappa shape index (κ1) is 15.8. The van der Waals surface area contributed by atoms with Crippen LogP contribution in [0.25, 0.3) is 6.08 Å². The van der Waals surface area contributed by atoms with Gasteiger partial charge in [-0.2, -0.15) is 13.2 Å². The van der Waals surface area contributed by atoms with Crippen LogP contribution in [0, 0.1) is 5.41 Å². The van der Waals surface area contributed by atoms with Gasteiger partial charge in [0.15, 0.2) is 0 Å². The number of hydrogen-bond donors (Lipinski definition) is 0. The number of fused-ring (bicyclic) bond motifs is 1. The van der Waals surface area contributed by atoms with E-state index in [2.05, 4.69) is 0 Å². The topological polar surface area (TPSA) is 0 Å². The molecule has 0 saturated carbocycles. The van der Waals surface area contributed by atoms with Crippen molar-refractivity contribution in [2.75, 3.05) is 0 Å². The lowest BCUT2D eigenvalue weighted by atomic mass is 9.94. The minimum Gasteiger partial charge on any atom is -0.160 e. The lowest BCUT2D eigenvalue weighted by Gasteiger charge is -2.39. The molecule has 0 N–H and O–H groups in total. The normalized spacial score (nSPS) is 25.9. The van der Waals surface area contributed by atoms with Gasteiger partial charge in [0.2, 0.25) is 0 Å². The predicted molar refractivity (Wildman–Crippen MR) is 81.0 cm³/mol. The molecule has 1 aliphatic heterocycles. The van der Waals surface area contributed by atoms with Gasteiger partial charge in [-0.25, -0.2) is 0 Å². The summed E-state index contributed by atoms with van der Waals surface area (Å²) in [6.45, 7) is 7.29. The summed E-state index contributed by atoms with van der Waals surface area (Å²) in [5.74, 6) is 0. The Morgan fingerprint density at radius 3 is 2.20 bits per heavy atom. The van der Waals surface area contributed by atoms with Crippen LogP contribution in [0.4, 0.5) is 13.2 Å². The van der Waals surface area contributed by atoms with Crippen LogP contribution in [0.2, 0.25) is 0 Å². The third-order valence-electron chi connectivity index (χ3n) is 3.48. The lowest BCUT2D eigenvalue weighted by molar-refractivity contribution is -0.0362. The minimum atomic E-state index is -4.44. The van der Waals surface area contributed by atoms with E-state index in [9.17, 15) is 13.2 Å². The van der Waals surface area contributed by atoms with E-state index in [1.807, 2.05) is 13.0 Å². The van der Waals surface area contributed by atoms with Crippen LogP contribution >= 0.6 is 19.9 Å². The summed E-state index contributed by atoms with van der Waals surface area (Å²) in [7, 11) is 2.77. The molecular weight excluding hydrogens is 305 g/mol. The third-order valence-corrected chi connectivity index (χ3v) is 7.94. The molecule has 1 unspecified atom stereocenters. The van der Waals surface area contributed by atoms with Gasteiger partial charge in [-0.05, 0) is 59.9 Å². The number of benzene rings is 1. The highest BCUT2D eigenvalue weighted by Gasteiger charge is 2.58. The zero-order valence-corrected chi connectivity index (χ0v) is 13.5. The van der Waals surface area contributed by atoms with Crippen LogP contribution in [-0.4, -0.2) is 5.51 Å². The summed E-state index contributed by atoms with van der Waals surface area (Å²) in [4.78, 5) is 0.547. The molecule has 112 valence electrons. The Balaban J connectivity index is 2.78. The summed E-state index contributed by atoms with van der Waals surface area (Å²) in [5, 5.41) is 0. The van der Waals surface area contributed by atoms with Crippen LogP contribution in [0.1, 0.15) is 38.8 Å². The highest BCUT2D eigenvalue weighted by atomic mass is 35.7. The maximum Gasteiger partial charge on any atom is 0.445 e. The SMILES string of the molecule is CCc1cccc2c1C=C(C(C)(C)C)S2(Cl)C(F)(F)F. The van der Waals surface area contributed by atoms with Crippen molar-refractivity contribution < 1.29 is 13.2 Å². The summed E-state index contributed by atoms with van der Waals surface area (Å²) < 4.78 is 41.1. The fraction of sp³-hybridized carbons (Fsp3) is 0.467. The fourth-order valence-corrected chi connectivity index (χ4v) is 6.38. The van der Waals surface area contributed by atoms with Crippen LogP contribution in [0.5, 0.6) is 0 Å². The van der Waals surface area contributed by atoms with Crippen molar-refractivity contribution >= 4 is 26.0 Å². The molecule has 0 saturated heterocycles. The highest BCUT2D eigenvalue weighted by molar-refractivity contribution is 8.54. The smallest absolute Gasteiger partial charge is 0.160 e. The maximum absolute atomic E-state index is 13.7. The van der Waals surface area contributed by atoms with Gasteiger partial charge in [-0.15, -0.1) is 0 Å². The second-order valence-electron chi connectivity index (χ2n) is 5.92. The zero-order valence-electron chi connectivity index (χ0n) is 11.9. The number of allylic oxidation sites excluding steroid dienone is 1. The van der Waals surface area contributed by atoms with Gasteiger partial charge in [0.05, 0.1) is 0 Å². The van der Waals surface area contributed by atoms with E-state index in [1.165, 1.54) is 6.07 Å². The Bertz CT molecular complexity index is 569. The largest absolute Gasteiger partial charge is 0.445 e. The summed E-state index contributed by atoms with van der Waals surface area (Å²) in [6.07, 6.45) is 2.37. The van der Waals surface area contributed by atoms with E-state index in [0.29, 0.717) is 16.9 Å². The van der Waals surface area contributed by atoms with Crippen LogP contribution in [0.15, 0.2) is 28.0 Å². The van der Waals surface area contributed by atoms with Gasteiger partial charge in [0.25, 0.3) is 0 Å². The van der Waals surface area contributed by atoms with Gasteiger partial charge < -0.3 is 0 Å². The van der Waals surface area contributed by atoms with Crippen molar-refractivity contribution in [1.82, 2.24) is 0 Å². The molecule has 0 bridgehead atoms. The molecule has 0 aliphatic carbocycles. The first-order chi connectivity index (χ1) is 9.03. The molecule has 1 aliphatic rings. The Morgan fingerprint density at radius 1 is 1.15 bits per heavy atom. The van der Waals surface area contributed by atoms with E-state index < -0.39 is 20.2 Å². The minimum absolute atomic E-state index is 0.246. The van der Waals surface area contributed by atoms with Gasteiger partial charge >= 0.3 is 5.51 Å². The zero-order chi connectivity index (χ0) is 15.3. The lowest BCUT2D eigenvalue weighted by Crippen LogP contribution is -2.22. The van der Waals surface area contributed by atoms with E-state index >= 15 is 0 Å². The molecule has 1 atom stereocenters. The Hall–Kier alpha value is -0.610. The van der Waals surface area contributed by atoms with Gasteiger partial charge in [-0.1, -0.05) is 39.8 Å². The molecular formula is C15H18ClF3S. The van der Waals surface area contributed by atoms with E-state index in [-0.39, 0.29) is 4.90 Å². The van der Waals surface area contributed by atoms with Gasteiger partial charge in [0.1, 0.15) is 0 Å². The predicted octanol–water partition coefficient (Wildman–Crippen LogP) is 6.49. The van der Waals surface area contributed by atoms with Crippen molar-refractivity contribution in [2.45, 2.75) is 44.5 Å². The quantitative estimate of drug-likeness (QED) is 0.554. The van der Waals surface area contributed by atoms with Crippen LogP contribution < -0.4 is 0 Å². The monoisotopic (exact) mass is 322 g/mol. The summed E-state index contributed by atoms with van der Waals surface area (Å²) >= 11 is 0. The summed E-state index contributed by atoms with van der Waals surface area (Å²) in [6, 6.07) is 5.07. The molecule has 0 aromatic heterocycles. The molecule has 0 fully saturated rings. The van der Waals surface area contributed by atoms with Crippen molar-refractivity contribution in [3.05, 3.63) is 34.2 Å². The Kier molecular flexibility index (Phi) is 3.71. The number of halogens is 4. The number of hydrogen-bond acceptors (Lipinski definition) is 0. The first-order valence-electron chi connectivity index (χ1n) is 6.47. The number of aryl methyl sites for hydroxylation is 1. The molecule has 5 heteroatoms. The van der Waals surface area contributed by atoms with E-state index in [4.69, 9.17) is 10.7 Å². The summed E-state index contributed by atoms with van der Waals surface area (Å²) in [5.41, 5.74) is -3.46. The maximum atomic E-state index is 13.7. The standard InChI is InChI=1S/C15H18ClF3S/c1-5-10-7-6-8-12-11(10)9-13(14(2,3)4)20(12,16)15(17,18)19/h6-9H,5H2,1-4H3. The molecule has 1 heterocycles. The fourth-order valence-electron chi connectivity index (χ4n) is 2.53. The number of rotatable bonds is 1. The molecule has 0 radical (unpaired) electrons. The average Bonchev–Trinajstić information content (AvgIpc) is 2.63. The van der Waals surface area contributed by atoms with Crippen molar-refractivity contribution in [3.63, 3.8) is 0 Å². The molecule has 0 nitrogen and oxygen atoms in total. The van der Waals surface area contributed by atoms with Gasteiger partial charge in [0, 0.05) is 4.90 Å². The first-order valence-corrected chi connectivity index (χ1v) is 8.92. The van der Waals surface area contributed by atoms with Crippen molar-refractivity contribution in [2.24, 2.45) is 5.41 Å². The second-order valence-corrected chi connectivity index (χ2v) is 9.73. The highest BCUT2D eigenvalue weighted by Crippen LogP contribution is 2.82.